The first-order valence-electron chi connectivity index (χ1n) is 16.0. The van der Waals surface area contributed by atoms with Crippen molar-refractivity contribution < 1.29 is 33.5 Å². The van der Waals surface area contributed by atoms with Gasteiger partial charge in [0.1, 0.15) is 11.6 Å². The number of rotatable bonds is 5. The van der Waals surface area contributed by atoms with E-state index in [-0.39, 0.29) is 41.3 Å². The molecule has 2 heterocycles. The number of imide groups is 2. The highest BCUT2D eigenvalue weighted by atomic mass is 35.5. The number of allylic oxidation sites excluding steroid dienone is 2. The molecule has 3 fully saturated rings. The van der Waals surface area contributed by atoms with Crippen molar-refractivity contribution in [2.24, 2.45) is 17.8 Å². The summed E-state index contributed by atoms with van der Waals surface area (Å²) in [5.41, 5.74) is 1.99. The third-order valence-corrected chi connectivity index (χ3v) is 12.0. The van der Waals surface area contributed by atoms with Crippen LogP contribution in [0.1, 0.15) is 40.2 Å². The summed E-state index contributed by atoms with van der Waals surface area (Å²) in [7, 11) is 0. The molecule has 2 aliphatic heterocycles. The predicted octanol–water partition coefficient (Wildman–Crippen LogP) is 6.53. The summed E-state index contributed by atoms with van der Waals surface area (Å²) in [5, 5.41) is 11.1. The average molecular weight is 710 g/mol. The number of phenolic OH excluding ortho intramolecular Hbond substituents is 1. The van der Waals surface area contributed by atoms with Gasteiger partial charge < -0.3 is 5.11 Å². The fraction of sp³-hybridized carbons (Fsp3) is 0.205. The molecule has 50 heavy (non-hydrogen) atoms. The summed E-state index contributed by atoms with van der Waals surface area (Å²) in [6.07, 6.45) is 1.66. The molecule has 1 saturated carbocycles. The Morgan fingerprint density at radius 1 is 0.720 bits per heavy atom. The number of halogens is 3. The molecule has 0 bridgehead atoms. The van der Waals surface area contributed by atoms with Crippen molar-refractivity contribution in [3.8, 4) is 5.75 Å². The van der Waals surface area contributed by atoms with Crippen molar-refractivity contribution in [2.45, 2.75) is 28.5 Å². The highest BCUT2D eigenvalue weighted by Gasteiger charge is 2.77. The number of hydrogen-bond donors (Lipinski definition) is 1. The largest absolute Gasteiger partial charge is 0.508 e. The normalized spacial score (nSPS) is 28.7. The Labute approximate surface area is 295 Å². The lowest BCUT2D eigenvalue weighted by Crippen LogP contribution is -2.60. The third kappa shape index (κ3) is 4.39. The number of ketones is 1. The molecule has 1 N–H and O–H groups in total. The minimum Gasteiger partial charge on any atom is -0.508 e. The quantitative estimate of drug-likeness (QED) is 0.109. The molecule has 2 saturated heterocycles. The molecule has 8 nitrogen and oxygen atoms in total. The number of hydrogen-bond acceptors (Lipinski definition) is 6. The maximum absolute atomic E-state index is 14.4. The molecule has 6 unspecified atom stereocenters. The molecular weight excluding hydrogens is 682 g/mol. The molecule has 4 aromatic rings. The Hall–Kier alpha value is -5.12. The molecular formula is C39H27Cl2FN2O6. The Kier molecular flexibility index (Phi) is 7.36. The SMILES string of the molecule is O=C(c1ccccc1)c1ccc(N2C(=O)C3CC=C4C(CC5(Cl)C(=O)N(c6ccc(F)cc6)C(=O)C5(Cl)C4c4ccccc4O)C3C2=O)cc1. The second-order valence-corrected chi connectivity index (χ2v) is 14.3. The highest BCUT2D eigenvalue weighted by molar-refractivity contribution is 6.58. The molecule has 8 rings (SSSR count). The molecule has 4 aromatic carbocycles. The lowest BCUT2D eigenvalue weighted by Gasteiger charge is -2.50. The monoisotopic (exact) mass is 708 g/mol. The summed E-state index contributed by atoms with van der Waals surface area (Å²) in [4.78, 5) is 67.8. The number of phenols is 1. The first-order chi connectivity index (χ1) is 24.0. The van der Waals surface area contributed by atoms with Crippen LogP contribution in [0.2, 0.25) is 0 Å². The number of carbonyl (C=O) groups excluding carboxylic acids is 5. The van der Waals surface area contributed by atoms with E-state index in [1.165, 1.54) is 18.2 Å². The van der Waals surface area contributed by atoms with Crippen LogP contribution in [0.15, 0.2) is 115 Å². The van der Waals surface area contributed by atoms with Crippen molar-refractivity contribution in [2.75, 3.05) is 9.80 Å². The number of nitrogens with zero attached hydrogens (tertiary/aromatic N) is 2. The Morgan fingerprint density at radius 2 is 1.32 bits per heavy atom. The number of para-hydroxylation sites is 1. The molecule has 6 atom stereocenters. The van der Waals surface area contributed by atoms with Crippen LogP contribution in [0, 0.1) is 23.6 Å². The van der Waals surface area contributed by atoms with E-state index in [0.29, 0.717) is 16.7 Å². The second kappa shape index (κ2) is 11.5. The predicted molar refractivity (Wildman–Crippen MR) is 184 cm³/mol. The summed E-state index contributed by atoms with van der Waals surface area (Å²) >= 11 is 14.7. The summed E-state index contributed by atoms with van der Waals surface area (Å²) in [6.45, 7) is 0. The van der Waals surface area contributed by atoms with Crippen LogP contribution in [0.4, 0.5) is 15.8 Å². The standard InChI is InChI=1S/C39H27Cl2FN2O6/c40-38-20-29-26(32(27-8-4-5-9-30(27)45)39(38,41)37(50)44(36(38)49)25-16-12-23(42)13-17-25)18-19-28-31(29)35(48)43(34(28)47)24-14-10-22(11-15-24)33(46)21-6-2-1-3-7-21/h1-18,28-29,31-32,45H,19-20H2. The van der Waals surface area contributed by atoms with Crippen LogP contribution in [0.5, 0.6) is 5.75 Å². The molecule has 0 spiro atoms. The van der Waals surface area contributed by atoms with Gasteiger partial charge in [0, 0.05) is 22.6 Å². The number of carbonyl (C=O) groups is 5. The van der Waals surface area contributed by atoms with Gasteiger partial charge in [0.25, 0.3) is 11.8 Å². The van der Waals surface area contributed by atoms with Gasteiger partial charge in [-0.25, -0.2) is 9.29 Å². The van der Waals surface area contributed by atoms with Crippen molar-refractivity contribution in [3.05, 3.63) is 137 Å². The maximum atomic E-state index is 14.4. The van der Waals surface area contributed by atoms with Crippen molar-refractivity contribution in [3.63, 3.8) is 0 Å². The Morgan fingerprint density at radius 3 is 2.00 bits per heavy atom. The van der Waals surface area contributed by atoms with Crippen LogP contribution < -0.4 is 9.80 Å². The molecule has 2 aliphatic carbocycles. The fourth-order valence-corrected chi connectivity index (χ4v) is 9.18. The number of anilines is 2. The third-order valence-electron chi connectivity index (χ3n) is 10.6. The molecule has 0 aromatic heterocycles. The lowest BCUT2D eigenvalue weighted by atomic mass is 9.56. The van der Waals surface area contributed by atoms with E-state index in [2.05, 4.69) is 0 Å². The van der Waals surface area contributed by atoms with Gasteiger partial charge in [-0.15, -0.1) is 23.2 Å². The van der Waals surface area contributed by atoms with Gasteiger partial charge in [0.05, 0.1) is 23.2 Å². The van der Waals surface area contributed by atoms with Crippen molar-refractivity contribution >= 4 is 64.0 Å². The van der Waals surface area contributed by atoms with Crippen LogP contribution in [-0.2, 0) is 19.2 Å². The number of fused-ring (bicyclic) bond motifs is 4. The maximum Gasteiger partial charge on any atom is 0.258 e. The Balaban J connectivity index is 1.20. The average Bonchev–Trinajstić information content (AvgIpc) is 3.47. The van der Waals surface area contributed by atoms with Gasteiger partial charge in [-0.3, -0.25) is 28.9 Å². The number of aromatic hydroxyl groups is 1. The van der Waals surface area contributed by atoms with E-state index < -0.39 is 62.9 Å². The van der Waals surface area contributed by atoms with E-state index in [9.17, 15) is 33.5 Å². The van der Waals surface area contributed by atoms with Gasteiger partial charge in [0.2, 0.25) is 11.8 Å². The van der Waals surface area contributed by atoms with Crippen LogP contribution in [0.25, 0.3) is 0 Å². The topological polar surface area (TPSA) is 112 Å². The van der Waals surface area contributed by atoms with Gasteiger partial charge in [-0.1, -0.05) is 60.2 Å². The van der Waals surface area contributed by atoms with Gasteiger partial charge >= 0.3 is 0 Å². The molecule has 250 valence electrons. The highest BCUT2D eigenvalue weighted by Crippen LogP contribution is 2.66. The van der Waals surface area contributed by atoms with Crippen LogP contribution >= 0.6 is 23.2 Å². The van der Waals surface area contributed by atoms with Gasteiger partial charge in [-0.05, 0) is 73.4 Å². The lowest BCUT2D eigenvalue weighted by molar-refractivity contribution is -0.125. The van der Waals surface area contributed by atoms with E-state index in [1.807, 2.05) is 6.07 Å². The molecule has 11 heteroatoms. The minimum atomic E-state index is -2.15. The summed E-state index contributed by atoms with van der Waals surface area (Å²) in [6, 6.07) is 26.0. The summed E-state index contributed by atoms with van der Waals surface area (Å²) < 4.78 is 13.9. The number of benzene rings is 4. The van der Waals surface area contributed by atoms with Crippen LogP contribution in [-0.4, -0.2) is 44.3 Å². The molecule has 0 radical (unpaired) electrons. The van der Waals surface area contributed by atoms with Crippen molar-refractivity contribution in [1.29, 1.82) is 0 Å². The molecule has 4 amide bonds. The fourth-order valence-electron chi connectivity index (χ4n) is 8.25. The zero-order valence-corrected chi connectivity index (χ0v) is 27.6. The smallest absolute Gasteiger partial charge is 0.258 e. The Bertz CT molecular complexity index is 2160. The van der Waals surface area contributed by atoms with Gasteiger partial charge in [-0.2, -0.15) is 0 Å². The minimum absolute atomic E-state index is 0.0641. The summed E-state index contributed by atoms with van der Waals surface area (Å²) in [5.74, 6) is -7.35. The first-order valence-corrected chi connectivity index (χ1v) is 16.8. The van der Waals surface area contributed by atoms with Crippen LogP contribution in [0.3, 0.4) is 0 Å². The zero-order chi connectivity index (χ0) is 35.1. The zero-order valence-electron chi connectivity index (χ0n) is 26.1. The first kappa shape index (κ1) is 32.1. The number of alkyl halides is 2. The van der Waals surface area contributed by atoms with E-state index >= 15 is 0 Å². The van der Waals surface area contributed by atoms with E-state index in [1.54, 1.807) is 72.8 Å². The van der Waals surface area contributed by atoms with E-state index in [0.717, 1.165) is 21.9 Å². The van der Waals surface area contributed by atoms with Gasteiger partial charge in [0.15, 0.2) is 15.5 Å². The van der Waals surface area contributed by atoms with E-state index in [4.69, 9.17) is 23.2 Å². The molecule has 4 aliphatic rings. The second-order valence-electron chi connectivity index (χ2n) is 13.1. The van der Waals surface area contributed by atoms with Crippen molar-refractivity contribution in [1.82, 2.24) is 0 Å². The number of amides is 4.